The number of carbonyl (C=O) groups excluding carboxylic acids is 2. The average Bonchev–Trinajstić information content (AvgIpc) is 1.27. The number of phosphoric acid groups is 1. The quantitative estimate of drug-likeness (QED) is 0.288. The van der Waals surface area contributed by atoms with Crippen molar-refractivity contribution in [1.29, 1.82) is 0 Å². The van der Waals surface area contributed by atoms with E-state index in [1.165, 1.54) is 0 Å². The summed E-state index contributed by atoms with van der Waals surface area (Å²) < 4.78 is 8.55. The van der Waals surface area contributed by atoms with Crippen LogP contribution in [-0.4, -0.2) is 6.15 Å². The van der Waals surface area contributed by atoms with E-state index >= 15 is 0 Å². The second-order valence-corrected chi connectivity index (χ2v) is 1.42. The summed E-state index contributed by atoms with van der Waals surface area (Å²) in [6, 6.07) is 0. The van der Waals surface area contributed by atoms with Gasteiger partial charge in [-0.1, -0.05) is 0 Å². The van der Waals surface area contributed by atoms with Gasteiger partial charge in [0.1, 0.15) is 0 Å². The predicted molar refractivity (Wildman–Crippen MR) is 12.6 cm³/mol. The van der Waals surface area contributed by atoms with E-state index in [1.807, 2.05) is 0 Å². The van der Waals surface area contributed by atoms with Crippen LogP contribution in [0.25, 0.3) is 0 Å². The third-order valence-corrected chi connectivity index (χ3v) is 0. The van der Waals surface area contributed by atoms with Crippen LogP contribution in [0.15, 0.2) is 0 Å². The average molecular weight is 208 g/mol. The molecule has 0 aromatic rings. The van der Waals surface area contributed by atoms with E-state index in [9.17, 15) is 0 Å². The first kappa shape index (κ1) is 29.2. The Labute approximate surface area is 129 Å². The first-order valence-corrected chi connectivity index (χ1v) is 2.60. The molecule has 0 bridgehead atoms. The first-order chi connectivity index (χ1) is 3.41. The Hall–Kier alpha value is 2.49. The molecule has 6 nitrogen and oxygen atoms in total. The minimum absolute atomic E-state index is 0. The zero-order chi connectivity index (χ0) is 7.21. The molecule has 0 unspecified atom stereocenters. The zero-order valence-electron chi connectivity index (χ0n) is 6.40. The minimum atomic E-state index is -5.39. The Morgan fingerprint density at radius 2 is 0.909 bits per heavy atom. The molecular weight excluding hydrogens is 208 g/mol. The minimum Gasteiger partial charge on any atom is -0.822 e. The molecule has 10 heteroatoms. The van der Waals surface area contributed by atoms with Gasteiger partial charge >= 0.3 is 94.8 Å². The molecule has 0 aromatic carbocycles. The van der Waals surface area contributed by atoms with E-state index in [1.54, 1.807) is 0 Å². The Bertz CT molecular complexity index is 116. The van der Waals surface area contributed by atoms with Crippen molar-refractivity contribution in [3.8, 4) is 0 Å². The molecule has 0 radical (unpaired) electrons. The second-order valence-electron chi connectivity index (χ2n) is 0.531. The molecule has 0 aromatic heterocycles. The Balaban J connectivity index is -0.0000000183. The van der Waals surface area contributed by atoms with Gasteiger partial charge in [0.05, 0.1) is 0 Å². The molecule has 0 rings (SSSR count). The maximum atomic E-state index is 8.55. The fourth-order valence-corrected chi connectivity index (χ4v) is 0. The SMILES string of the molecule is O=C=O.O=P([O-])([O-])[O-].[Na+].[Na+].[Na+]. The summed E-state index contributed by atoms with van der Waals surface area (Å²) in [5, 5.41) is 0. The molecule has 0 amide bonds. The third kappa shape index (κ3) is 222. The van der Waals surface area contributed by atoms with Gasteiger partial charge in [-0.05, 0) is 0 Å². The van der Waals surface area contributed by atoms with Gasteiger partial charge in [0.25, 0.3) is 0 Å². The fraction of sp³-hybridized carbons (Fsp3) is 0. The van der Waals surface area contributed by atoms with Gasteiger partial charge in [-0.3, -0.25) is 0 Å². The van der Waals surface area contributed by atoms with Crippen LogP contribution in [0.4, 0.5) is 0 Å². The van der Waals surface area contributed by atoms with Gasteiger partial charge in [0, 0.05) is 0 Å². The van der Waals surface area contributed by atoms with Crippen LogP contribution in [0, 0.1) is 0 Å². The van der Waals surface area contributed by atoms with Gasteiger partial charge in [0.2, 0.25) is 0 Å². The van der Waals surface area contributed by atoms with Crippen molar-refractivity contribution in [3.63, 3.8) is 0 Å². The van der Waals surface area contributed by atoms with Crippen LogP contribution in [-0.2, 0) is 14.2 Å². The monoisotopic (exact) mass is 208 g/mol. The zero-order valence-corrected chi connectivity index (χ0v) is 13.3. The molecule has 48 valence electrons. The van der Waals surface area contributed by atoms with Crippen LogP contribution in [0.1, 0.15) is 0 Å². The summed E-state index contributed by atoms with van der Waals surface area (Å²) in [5.74, 6) is 0. The smallest absolute Gasteiger partial charge is 0.822 e. The summed E-state index contributed by atoms with van der Waals surface area (Å²) in [5.41, 5.74) is 0. The predicted octanol–water partition coefficient (Wildman–Crippen LogP) is -12.4. The van der Waals surface area contributed by atoms with E-state index in [2.05, 4.69) is 0 Å². The molecule has 0 aliphatic carbocycles. The fourth-order valence-electron chi connectivity index (χ4n) is 0. The second kappa shape index (κ2) is 18.3. The van der Waals surface area contributed by atoms with E-state index < -0.39 is 7.82 Å². The number of rotatable bonds is 0. The summed E-state index contributed by atoms with van der Waals surface area (Å²) in [4.78, 5) is 41.9. The standard InChI is InChI=1S/CO2.3Na.H3O4P/c2-1-3;;;;1-5(2,3)4/h;;;;(H3,1,2,3,4)/q;3*+1;/p-3. The molecule has 0 fully saturated rings. The van der Waals surface area contributed by atoms with Crippen molar-refractivity contribution in [3.05, 3.63) is 0 Å². The van der Waals surface area contributed by atoms with Crippen molar-refractivity contribution in [2.24, 2.45) is 0 Å². The largest absolute Gasteiger partial charge is 1.00 e. The van der Waals surface area contributed by atoms with Crippen LogP contribution < -0.4 is 103 Å². The van der Waals surface area contributed by atoms with Gasteiger partial charge in [-0.25, -0.2) is 0 Å². The summed E-state index contributed by atoms with van der Waals surface area (Å²) in [6.45, 7) is 0. The summed E-state index contributed by atoms with van der Waals surface area (Å²) in [6.07, 6.45) is 0.250. The number of hydrogen-bond donors (Lipinski definition) is 0. The van der Waals surface area contributed by atoms with Crippen LogP contribution in [0.2, 0.25) is 0 Å². The van der Waals surface area contributed by atoms with Gasteiger partial charge < -0.3 is 19.2 Å². The normalized spacial score (nSPS) is 6.09. The van der Waals surface area contributed by atoms with E-state index in [-0.39, 0.29) is 94.8 Å². The van der Waals surface area contributed by atoms with Crippen molar-refractivity contribution in [2.45, 2.75) is 0 Å². The maximum Gasteiger partial charge on any atom is 1.00 e. The molecular formula is CNa3O6P. The molecule has 11 heavy (non-hydrogen) atoms. The Morgan fingerprint density at radius 3 is 0.909 bits per heavy atom. The van der Waals surface area contributed by atoms with Gasteiger partial charge in [0.15, 0.2) is 0 Å². The summed E-state index contributed by atoms with van der Waals surface area (Å²) >= 11 is 0. The molecule has 0 saturated carbocycles. The number of hydrogen-bond acceptors (Lipinski definition) is 6. The molecule has 0 heterocycles. The van der Waals surface area contributed by atoms with Crippen molar-refractivity contribution < 1.29 is 118 Å². The first-order valence-electron chi connectivity index (χ1n) is 1.14. The van der Waals surface area contributed by atoms with E-state index in [0.29, 0.717) is 0 Å². The van der Waals surface area contributed by atoms with E-state index in [0.717, 1.165) is 0 Å². The molecule has 0 saturated heterocycles. The molecule has 0 spiro atoms. The van der Waals surface area contributed by atoms with Gasteiger partial charge in [-0.2, -0.15) is 17.4 Å². The Morgan fingerprint density at radius 1 is 0.909 bits per heavy atom. The summed E-state index contributed by atoms with van der Waals surface area (Å²) in [7, 11) is -5.39. The van der Waals surface area contributed by atoms with Gasteiger partial charge in [-0.15, -0.1) is 0 Å². The topological polar surface area (TPSA) is 120 Å². The molecule has 0 atom stereocenters. The van der Waals surface area contributed by atoms with E-state index in [4.69, 9.17) is 28.8 Å². The van der Waals surface area contributed by atoms with Crippen LogP contribution >= 0.6 is 7.82 Å². The Kier molecular flexibility index (Phi) is 48.6. The third-order valence-electron chi connectivity index (χ3n) is 0. The molecule has 0 N–H and O–H groups in total. The molecule has 0 aliphatic rings. The maximum absolute atomic E-state index is 8.55. The van der Waals surface area contributed by atoms with Crippen molar-refractivity contribution >= 4 is 14.0 Å². The van der Waals surface area contributed by atoms with Crippen molar-refractivity contribution in [2.75, 3.05) is 0 Å². The van der Waals surface area contributed by atoms with Crippen LogP contribution in [0.5, 0.6) is 0 Å². The molecule has 0 aliphatic heterocycles. The van der Waals surface area contributed by atoms with Crippen LogP contribution in [0.3, 0.4) is 0 Å². The van der Waals surface area contributed by atoms with Crippen molar-refractivity contribution in [1.82, 2.24) is 0 Å².